The summed E-state index contributed by atoms with van der Waals surface area (Å²) in [5.74, 6) is 1.84. The number of aromatic nitrogens is 3. The van der Waals surface area contributed by atoms with Crippen LogP contribution in [0.25, 0.3) is 0 Å². The van der Waals surface area contributed by atoms with Crippen molar-refractivity contribution in [2.24, 2.45) is 0 Å². The molecule has 2 aromatic rings. The number of rotatable bonds is 3. The lowest BCUT2D eigenvalue weighted by Crippen LogP contribution is -2.39. The van der Waals surface area contributed by atoms with E-state index in [9.17, 15) is 4.79 Å². The smallest absolute Gasteiger partial charge is 0.265 e. The van der Waals surface area contributed by atoms with Crippen molar-refractivity contribution in [3.63, 3.8) is 0 Å². The van der Waals surface area contributed by atoms with Crippen LogP contribution >= 0.6 is 11.3 Å². The highest BCUT2D eigenvalue weighted by Crippen LogP contribution is 2.30. The Labute approximate surface area is 139 Å². The summed E-state index contributed by atoms with van der Waals surface area (Å²) in [6, 6.07) is 0. The first-order chi connectivity index (χ1) is 11.0. The van der Waals surface area contributed by atoms with Crippen LogP contribution in [0, 0.1) is 13.8 Å². The van der Waals surface area contributed by atoms with Crippen LogP contribution in [0.15, 0.2) is 4.52 Å². The zero-order chi connectivity index (χ0) is 16.6. The van der Waals surface area contributed by atoms with Crippen molar-refractivity contribution in [3.05, 3.63) is 27.3 Å². The molecule has 1 aliphatic heterocycles. The lowest BCUT2D eigenvalue weighted by molar-refractivity contribution is 0.0699. The molecule has 1 amide bonds. The van der Waals surface area contributed by atoms with E-state index in [0.29, 0.717) is 24.2 Å². The number of piperidine rings is 1. The van der Waals surface area contributed by atoms with E-state index < -0.39 is 0 Å². The van der Waals surface area contributed by atoms with Gasteiger partial charge in [0.05, 0.1) is 16.6 Å². The number of amides is 1. The van der Waals surface area contributed by atoms with Gasteiger partial charge in [-0.1, -0.05) is 19.0 Å². The van der Waals surface area contributed by atoms with Gasteiger partial charge in [-0.25, -0.2) is 4.98 Å². The minimum atomic E-state index is 0.0767. The highest BCUT2D eigenvalue weighted by molar-refractivity contribution is 7.13. The maximum Gasteiger partial charge on any atom is 0.265 e. The molecule has 2 aromatic heterocycles. The third kappa shape index (κ3) is 3.29. The van der Waals surface area contributed by atoms with E-state index >= 15 is 0 Å². The minimum Gasteiger partial charge on any atom is -0.339 e. The SMILES string of the molecule is Cc1noc([C@H]2CCCN(C(=O)c3sc(C(C)C)nc3C)C2)n1. The molecule has 7 heteroatoms. The fourth-order valence-corrected chi connectivity index (χ4v) is 3.89. The average Bonchev–Trinajstić information content (AvgIpc) is 3.13. The molecule has 23 heavy (non-hydrogen) atoms. The topological polar surface area (TPSA) is 72.1 Å². The third-order valence-corrected chi connectivity index (χ3v) is 5.55. The van der Waals surface area contributed by atoms with Gasteiger partial charge in [0, 0.05) is 19.0 Å². The van der Waals surface area contributed by atoms with Crippen molar-refractivity contribution in [1.29, 1.82) is 0 Å². The average molecular weight is 334 g/mol. The maximum atomic E-state index is 12.9. The molecule has 0 aliphatic carbocycles. The Morgan fingerprint density at radius 3 is 2.74 bits per heavy atom. The quantitative estimate of drug-likeness (QED) is 0.861. The summed E-state index contributed by atoms with van der Waals surface area (Å²) in [5, 5.41) is 4.88. The fraction of sp³-hybridized carbons (Fsp3) is 0.625. The predicted octanol–water partition coefficient (Wildman–Crippen LogP) is 3.29. The van der Waals surface area contributed by atoms with Crippen molar-refractivity contribution in [2.45, 2.75) is 52.4 Å². The second-order valence-electron chi connectivity index (χ2n) is 6.39. The van der Waals surface area contributed by atoms with Crippen LogP contribution in [-0.4, -0.2) is 39.0 Å². The van der Waals surface area contributed by atoms with Crippen LogP contribution < -0.4 is 0 Å². The maximum absolute atomic E-state index is 12.9. The summed E-state index contributed by atoms with van der Waals surface area (Å²) in [6.07, 6.45) is 1.93. The number of likely N-dealkylation sites (tertiary alicyclic amines) is 1. The molecule has 0 spiro atoms. The monoisotopic (exact) mass is 334 g/mol. The Morgan fingerprint density at radius 1 is 1.35 bits per heavy atom. The summed E-state index contributed by atoms with van der Waals surface area (Å²) in [6.45, 7) is 9.33. The van der Waals surface area contributed by atoms with Crippen LogP contribution in [-0.2, 0) is 0 Å². The Hall–Kier alpha value is -1.76. The van der Waals surface area contributed by atoms with E-state index in [-0.39, 0.29) is 11.8 Å². The normalized spacial score (nSPS) is 18.7. The second-order valence-corrected chi connectivity index (χ2v) is 7.42. The van der Waals surface area contributed by atoms with Crippen molar-refractivity contribution in [1.82, 2.24) is 20.0 Å². The largest absolute Gasteiger partial charge is 0.339 e. The fourth-order valence-electron chi connectivity index (χ4n) is 2.85. The van der Waals surface area contributed by atoms with Gasteiger partial charge in [-0.2, -0.15) is 4.98 Å². The van der Waals surface area contributed by atoms with Crippen molar-refractivity contribution >= 4 is 17.2 Å². The first kappa shape index (κ1) is 16.1. The number of hydrogen-bond acceptors (Lipinski definition) is 6. The summed E-state index contributed by atoms with van der Waals surface area (Å²) in [5.41, 5.74) is 0.833. The van der Waals surface area contributed by atoms with E-state index in [0.717, 1.165) is 35.0 Å². The van der Waals surface area contributed by atoms with Crippen LogP contribution in [0.3, 0.4) is 0 Å². The molecule has 0 aromatic carbocycles. The summed E-state index contributed by atoms with van der Waals surface area (Å²) in [4.78, 5) is 24.4. The van der Waals surface area contributed by atoms with Crippen molar-refractivity contribution < 1.29 is 9.32 Å². The van der Waals surface area contributed by atoms with Gasteiger partial charge in [-0.3, -0.25) is 4.79 Å². The van der Waals surface area contributed by atoms with Gasteiger partial charge in [-0.15, -0.1) is 11.3 Å². The van der Waals surface area contributed by atoms with Gasteiger partial charge in [-0.05, 0) is 26.7 Å². The zero-order valence-electron chi connectivity index (χ0n) is 14.0. The summed E-state index contributed by atoms with van der Waals surface area (Å²) < 4.78 is 5.29. The molecule has 0 radical (unpaired) electrons. The van der Waals surface area contributed by atoms with Gasteiger partial charge < -0.3 is 9.42 Å². The predicted molar refractivity (Wildman–Crippen MR) is 87.9 cm³/mol. The Kier molecular flexibility index (Phi) is 4.48. The molecular formula is C16H22N4O2S. The molecule has 1 fully saturated rings. The van der Waals surface area contributed by atoms with Crippen molar-refractivity contribution in [3.8, 4) is 0 Å². The molecule has 3 heterocycles. The number of carbonyl (C=O) groups excluding carboxylic acids is 1. The van der Waals surface area contributed by atoms with Gasteiger partial charge in [0.1, 0.15) is 4.88 Å². The van der Waals surface area contributed by atoms with Gasteiger partial charge in [0.2, 0.25) is 5.89 Å². The van der Waals surface area contributed by atoms with Gasteiger partial charge in [0.25, 0.3) is 5.91 Å². The van der Waals surface area contributed by atoms with Crippen LogP contribution in [0.1, 0.15) is 70.6 Å². The Morgan fingerprint density at radius 2 is 2.13 bits per heavy atom. The molecule has 0 bridgehead atoms. The van der Waals surface area contributed by atoms with Crippen LogP contribution in [0.4, 0.5) is 0 Å². The molecule has 3 rings (SSSR count). The number of carbonyl (C=O) groups is 1. The zero-order valence-corrected chi connectivity index (χ0v) is 14.8. The van der Waals surface area contributed by atoms with Gasteiger partial charge in [0.15, 0.2) is 5.82 Å². The number of hydrogen-bond donors (Lipinski definition) is 0. The Balaban J connectivity index is 1.77. The number of nitrogens with zero attached hydrogens (tertiary/aromatic N) is 4. The molecule has 6 nitrogen and oxygen atoms in total. The van der Waals surface area contributed by atoms with E-state index in [1.165, 1.54) is 11.3 Å². The highest BCUT2D eigenvalue weighted by Gasteiger charge is 2.30. The molecular weight excluding hydrogens is 312 g/mol. The van der Waals surface area contributed by atoms with E-state index in [1.807, 2.05) is 18.7 Å². The number of thiazole rings is 1. The molecule has 124 valence electrons. The summed E-state index contributed by atoms with van der Waals surface area (Å²) >= 11 is 1.52. The molecule has 0 N–H and O–H groups in total. The van der Waals surface area contributed by atoms with Crippen molar-refractivity contribution in [2.75, 3.05) is 13.1 Å². The lowest BCUT2D eigenvalue weighted by atomic mass is 9.98. The highest BCUT2D eigenvalue weighted by atomic mass is 32.1. The molecule has 0 saturated carbocycles. The van der Waals surface area contributed by atoms with Crippen LogP contribution in [0.5, 0.6) is 0 Å². The lowest BCUT2D eigenvalue weighted by Gasteiger charge is -2.30. The first-order valence-corrected chi connectivity index (χ1v) is 8.84. The minimum absolute atomic E-state index is 0.0767. The molecule has 1 aliphatic rings. The molecule has 1 saturated heterocycles. The van der Waals surface area contributed by atoms with Crippen LogP contribution in [0.2, 0.25) is 0 Å². The van der Waals surface area contributed by atoms with E-state index in [2.05, 4.69) is 29.0 Å². The summed E-state index contributed by atoms with van der Waals surface area (Å²) in [7, 11) is 0. The van der Waals surface area contributed by atoms with Gasteiger partial charge >= 0.3 is 0 Å². The standard InChI is InChI=1S/C16H22N4O2S/c1-9(2)15-17-10(3)13(23-15)16(21)20-7-5-6-12(8-20)14-18-11(4)19-22-14/h9,12H,5-8H2,1-4H3/t12-/m0/s1. The molecule has 1 atom stereocenters. The number of aryl methyl sites for hydroxylation is 2. The van der Waals surface area contributed by atoms with E-state index in [4.69, 9.17) is 4.52 Å². The second kappa shape index (κ2) is 6.39. The first-order valence-electron chi connectivity index (χ1n) is 8.02. The van der Waals surface area contributed by atoms with E-state index in [1.54, 1.807) is 0 Å². The Bertz CT molecular complexity index is 707. The molecule has 0 unspecified atom stereocenters. The third-order valence-electron chi connectivity index (χ3n) is 4.10.